The van der Waals surface area contributed by atoms with Crippen molar-refractivity contribution < 1.29 is 9.90 Å². The summed E-state index contributed by atoms with van der Waals surface area (Å²) in [6.45, 7) is 2.05. The van der Waals surface area contributed by atoms with Crippen LogP contribution in [0.4, 0.5) is 0 Å². The van der Waals surface area contributed by atoms with Gasteiger partial charge in [-0.1, -0.05) is 31.2 Å². The highest BCUT2D eigenvalue weighted by Gasteiger charge is 2.16. The zero-order valence-corrected chi connectivity index (χ0v) is 11.1. The number of nitrogens with one attached hydrogen (secondary N) is 2. The summed E-state index contributed by atoms with van der Waals surface area (Å²) in [5.74, 6) is -0.914. The van der Waals surface area contributed by atoms with Crippen LogP contribution in [0.25, 0.3) is 11.3 Å². The molecule has 0 unspecified atom stereocenters. The number of rotatable bonds is 3. The third-order valence-corrected chi connectivity index (χ3v) is 3.23. The summed E-state index contributed by atoms with van der Waals surface area (Å²) in [4.78, 5) is 17.5. The minimum atomic E-state index is -0.914. The summed E-state index contributed by atoms with van der Waals surface area (Å²) >= 11 is 1.16. The van der Waals surface area contributed by atoms with Crippen molar-refractivity contribution >= 4 is 17.3 Å². The second kappa shape index (κ2) is 7.15. The van der Waals surface area contributed by atoms with E-state index in [1.165, 1.54) is 0 Å². The van der Waals surface area contributed by atoms with Crippen molar-refractivity contribution in [1.82, 2.24) is 9.90 Å². The zero-order valence-electron chi connectivity index (χ0n) is 10.3. The van der Waals surface area contributed by atoms with E-state index in [1.54, 1.807) is 5.51 Å². The summed E-state index contributed by atoms with van der Waals surface area (Å²) in [7, 11) is 0. The fourth-order valence-electron chi connectivity index (χ4n) is 1.65. The van der Waals surface area contributed by atoms with Gasteiger partial charge in [0.2, 0.25) is 4.91 Å². The Balaban J connectivity index is 0.000000550. The summed E-state index contributed by atoms with van der Waals surface area (Å²) in [5.41, 5.74) is 15.2. The number of benzene rings is 1. The second-order valence-corrected chi connectivity index (χ2v) is 4.31. The molecule has 1 heterocycles. The minimum absolute atomic E-state index is 0.306. The Bertz CT molecular complexity index is 603. The van der Waals surface area contributed by atoms with Gasteiger partial charge in [-0.15, -0.1) is 11.3 Å². The molecular weight excluding hydrogens is 264 g/mol. The normalized spacial score (nSPS) is 9.11. The first-order valence-electron chi connectivity index (χ1n) is 5.43. The molecular formula is C12H13N4O2S+. The molecule has 7 heteroatoms. The molecule has 0 bridgehead atoms. The lowest BCUT2D eigenvalue weighted by Crippen LogP contribution is -1.97. The molecule has 1 aromatic heterocycles. The van der Waals surface area contributed by atoms with E-state index in [9.17, 15) is 4.79 Å². The molecule has 0 fully saturated rings. The zero-order chi connectivity index (χ0) is 14.3. The number of carboxylic acid groups (broad SMARTS) is 1. The summed E-state index contributed by atoms with van der Waals surface area (Å²) in [5, 5.41) is 9.05. The van der Waals surface area contributed by atoms with Crippen LogP contribution in [0, 0.1) is 11.1 Å². The number of hydrogen-bond donors (Lipinski definition) is 3. The maximum Gasteiger partial charge on any atom is 0.348 e. The first kappa shape index (κ1) is 14.7. The SMILES string of the molecule is CCc1ccccc1-c1ncsc1C(=O)O.N=[N+]=N. The van der Waals surface area contributed by atoms with Crippen molar-refractivity contribution in [2.45, 2.75) is 13.3 Å². The molecule has 98 valence electrons. The van der Waals surface area contributed by atoms with Crippen molar-refractivity contribution in [3.63, 3.8) is 0 Å². The Labute approximate surface area is 113 Å². The lowest BCUT2D eigenvalue weighted by Gasteiger charge is -2.05. The van der Waals surface area contributed by atoms with Gasteiger partial charge in [0.1, 0.15) is 15.9 Å². The Morgan fingerprint density at radius 1 is 1.42 bits per heavy atom. The topological polar surface area (TPSA) is 112 Å². The van der Waals surface area contributed by atoms with Gasteiger partial charge in [0.15, 0.2) is 0 Å². The van der Waals surface area contributed by atoms with Gasteiger partial charge in [-0.05, 0) is 12.0 Å². The fraction of sp³-hybridized carbons (Fsp3) is 0.167. The Morgan fingerprint density at radius 3 is 2.63 bits per heavy atom. The number of carboxylic acids is 1. The van der Waals surface area contributed by atoms with E-state index in [4.69, 9.17) is 16.2 Å². The Morgan fingerprint density at radius 2 is 2.05 bits per heavy atom. The molecule has 0 aliphatic carbocycles. The first-order chi connectivity index (χ1) is 9.15. The molecule has 0 atom stereocenters. The van der Waals surface area contributed by atoms with Crippen LogP contribution in [0.1, 0.15) is 22.2 Å². The van der Waals surface area contributed by atoms with Crippen molar-refractivity contribution in [1.29, 1.82) is 11.1 Å². The van der Waals surface area contributed by atoms with Gasteiger partial charge >= 0.3 is 5.97 Å². The van der Waals surface area contributed by atoms with E-state index in [1.807, 2.05) is 36.1 Å². The second-order valence-electron chi connectivity index (χ2n) is 3.46. The summed E-state index contributed by atoms with van der Waals surface area (Å²) in [6, 6.07) is 7.77. The van der Waals surface area contributed by atoms with E-state index in [0.717, 1.165) is 28.9 Å². The molecule has 2 aromatic rings. The number of aromatic nitrogens is 1. The molecule has 0 spiro atoms. The molecule has 0 saturated heterocycles. The van der Waals surface area contributed by atoms with E-state index in [0.29, 0.717) is 10.6 Å². The number of aryl methyl sites for hydroxylation is 1. The van der Waals surface area contributed by atoms with Crippen molar-refractivity contribution in [3.05, 3.63) is 40.2 Å². The van der Waals surface area contributed by atoms with Crippen LogP contribution in [-0.2, 0) is 6.42 Å². The quantitative estimate of drug-likeness (QED) is 0.591. The van der Waals surface area contributed by atoms with Crippen LogP contribution in [-0.4, -0.2) is 16.1 Å². The summed E-state index contributed by atoms with van der Waals surface area (Å²) < 4.78 is 0. The average molecular weight is 277 g/mol. The molecule has 3 N–H and O–H groups in total. The van der Waals surface area contributed by atoms with Gasteiger partial charge in [0.05, 0.1) is 11.2 Å². The van der Waals surface area contributed by atoms with Crippen LogP contribution < -0.4 is 4.91 Å². The fourth-order valence-corrected chi connectivity index (χ4v) is 2.29. The summed E-state index contributed by atoms with van der Waals surface area (Å²) in [6.07, 6.45) is 0.868. The third-order valence-electron chi connectivity index (χ3n) is 2.42. The highest BCUT2D eigenvalue weighted by molar-refractivity contribution is 7.12. The molecule has 2 rings (SSSR count). The van der Waals surface area contributed by atoms with Gasteiger partial charge in [0.25, 0.3) is 0 Å². The van der Waals surface area contributed by atoms with Gasteiger partial charge < -0.3 is 5.11 Å². The average Bonchev–Trinajstić information content (AvgIpc) is 2.89. The predicted molar refractivity (Wildman–Crippen MR) is 71.5 cm³/mol. The predicted octanol–water partition coefficient (Wildman–Crippen LogP) is 3.19. The number of carbonyl (C=O) groups is 1. The molecule has 0 radical (unpaired) electrons. The largest absolute Gasteiger partial charge is 0.477 e. The van der Waals surface area contributed by atoms with Crippen LogP contribution in [0.5, 0.6) is 0 Å². The van der Waals surface area contributed by atoms with Crippen molar-refractivity contribution in [2.75, 3.05) is 0 Å². The van der Waals surface area contributed by atoms with Gasteiger partial charge in [-0.2, -0.15) is 0 Å². The highest BCUT2D eigenvalue weighted by atomic mass is 32.1. The van der Waals surface area contributed by atoms with Crippen LogP contribution in [0.3, 0.4) is 0 Å². The molecule has 0 aliphatic rings. The van der Waals surface area contributed by atoms with Gasteiger partial charge in [-0.3, -0.25) is 0 Å². The lowest BCUT2D eigenvalue weighted by atomic mass is 10.0. The van der Waals surface area contributed by atoms with Crippen LogP contribution >= 0.6 is 11.3 Å². The molecule has 0 saturated carbocycles. The van der Waals surface area contributed by atoms with Crippen LogP contribution in [0.2, 0.25) is 0 Å². The number of thiazole rings is 1. The third kappa shape index (κ3) is 3.54. The first-order valence-corrected chi connectivity index (χ1v) is 6.31. The number of nitrogens with zero attached hydrogens (tertiary/aromatic N) is 2. The maximum absolute atomic E-state index is 11.0. The van der Waals surface area contributed by atoms with E-state index >= 15 is 0 Å². The van der Waals surface area contributed by atoms with Crippen LogP contribution in [0.15, 0.2) is 29.8 Å². The van der Waals surface area contributed by atoms with E-state index < -0.39 is 5.97 Å². The lowest BCUT2D eigenvalue weighted by molar-refractivity contribution is 0.0702. The standard InChI is InChI=1S/C12H11NO2S.H2N3/c1-2-8-5-3-4-6-9(8)10-11(12(14)15)16-7-13-10;1-3-2/h3-7H,2H2,1H3,(H,14,15);1-2H/q;+1. The highest BCUT2D eigenvalue weighted by Crippen LogP contribution is 2.28. The molecule has 19 heavy (non-hydrogen) atoms. The van der Waals surface area contributed by atoms with E-state index in [-0.39, 0.29) is 0 Å². The Kier molecular flexibility index (Phi) is 5.53. The molecule has 6 nitrogen and oxygen atoms in total. The van der Waals surface area contributed by atoms with Gasteiger partial charge in [-0.25, -0.2) is 9.78 Å². The Hall–Kier alpha value is -2.37. The minimum Gasteiger partial charge on any atom is -0.477 e. The molecule has 1 aromatic carbocycles. The smallest absolute Gasteiger partial charge is 0.348 e. The van der Waals surface area contributed by atoms with E-state index in [2.05, 4.69) is 4.98 Å². The molecule has 0 amide bonds. The van der Waals surface area contributed by atoms with Crippen molar-refractivity contribution in [3.8, 4) is 11.3 Å². The molecule has 0 aliphatic heterocycles. The monoisotopic (exact) mass is 277 g/mol. The number of hydrogen-bond acceptors (Lipinski definition) is 5. The van der Waals surface area contributed by atoms with Crippen molar-refractivity contribution in [2.24, 2.45) is 0 Å². The maximum atomic E-state index is 11.0. The number of aromatic carboxylic acids is 1. The van der Waals surface area contributed by atoms with Gasteiger partial charge in [0, 0.05) is 5.56 Å².